The largest absolute Gasteiger partial charge is 0.472 e. The van der Waals surface area contributed by atoms with E-state index in [0.29, 0.717) is 12.1 Å². The van der Waals surface area contributed by atoms with E-state index in [2.05, 4.69) is 10.6 Å². The van der Waals surface area contributed by atoms with Crippen molar-refractivity contribution < 1.29 is 19.1 Å². The fourth-order valence-corrected chi connectivity index (χ4v) is 1.75. The minimum Gasteiger partial charge on any atom is -0.472 e. The van der Waals surface area contributed by atoms with Crippen LogP contribution >= 0.6 is 0 Å². The minimum atomic E-state index is -0.613. The Labute approximate surface area is 124 Å². The molecule has 0 aliphatic heterocycles. The Hall–Kier alpha value is -1.82. The van der Waals surface area contributed by atoms with Gasteiger partial charge >= 0.3 is 0 Å². The molecule has 3 N–H and O–H groups in total. The van der Waals surface area contributed by atoms with Crippen molar-refractivity contribution in [2.24, 2.45) is 5.41 Å². The standard InChI is InChI=1S/C15H24N2O4/c1-11(17-14(20)12-5-8-21-9-12)13(19)16-7-4-6-15(2,3)10-18/h5,8-9,11,18H,4,6-7,10H2,1-3H3,(H,16,19)(H,17,20). The van der Waals surface area contributed by atoms with Gasteiger partial charge in [0.1, 0.15) is 12.3 Å². The van der Waals surface area contributed by atoms with Crippen molar-refractivity contribution in [1.29, 1.82) is 0 Å². The van der Waals surface area contributed by atoms with Crippen LogP contribution < -0.4 is 10.6 Å². The Morgan fingerprint density at radius 2 is 2.14 bits per heavy atom. The predicted octanol–water partition coefficient (Wildman–Crippen LogP) is 1.31. The Balaban J connectivity index is 2.27. The molecular formula is C15H24N2O4. The molecule has 6 nitrogen and oxygen atoms in total. The number of carbonyl (C=O) groups excluding carboxylic acids is 2. The van der Waals surface area contributed by atoms with E-state index in [9.17, 15) is 9.59 Å². The Bertz CT molecular complexity index is 454. The molecule has 1 rings (SSSR count). The average Bonchev–Trinajstić information content (AvgIpc) is 2.97. The molecule has 0 bridgehead atoms. The molecule has 0 aliphatic carbocycles. The second-order valence-corrected chi connectivity index (χ2v) is 5.92. The second-order valence-electron chi connectivity index (χ2n) is 5.92. The average molecular weight is 296 g/mol. The first-order valence-corrected chi connectivity index (χ1v) is 7.07. The van der Waals surface area contributed by atoms with Crippen LogP contribution in [0.4, 0.5) is 0 Å². The fraction of sp³-hybridized carbons (Fsp3) is 0.600. The summed E-state index contributed by atoms with van der Waals surface area (Å²) in [6, 6.07) is 0.926. The number of carbonyl (C=O) groups is 2. The summed E-state index contributed by atoms with van der Waals surface area (Å²) in [5.41, 5.74) is 0.255. The lowest BCUT2D eigenvalue weighted by atomic mass is 9.89. The fourth-order valence-electron chi connectivity index (χ4n) is 1.75. The van der Waals surface area contributed by atoms with E-state index >= 15 is 0 Å². The van der Waals surface area contributed by atoms with Crippen molar-refractivity contribution in [3.8, 4) is 0 Å². The van der Waals surface area contributed by atoms with Crippen molar-refractivity contribution in [1.82, 2.24) is 10.6 Å². The first kappa shape index (κ1) is 17.2. The number of nitrogens with one attached hydrogen (secondary N) is 2. The molecular weight excluding hydrogens is 272 g/mol. The van der Waals surface area contributed by atoms with Crippen LogP contribution in [0.25, 0.3) is 0 Å². The van der Waals surface area contributed by atoms with E-state index in [1.165, 1.54) is 18.6 Å². The van der Waals surface area contributed by atoms with Gasteiger partial charge < -0.3 is 20.2 Å². The lowest BCUT2D eigenvalue weighted by molar-refractivity contribution is -0.122. The number of hydrogen-bond acceptors (Lipinski definition) is 4. The van der Waals surface area contributed by atoms with Crippen molar-refractivity contribution >= 4 is 11.8 Å². The normalized spacial score (nSPS) is 12.8. The van der Waals surface area contributed by atoms with Gasteiger partial charge in [-0.3, -0.25) is 9.59 Å². The molecule has 0 aliphatic rings. The highest BCUT2D eigenvalue weighted by Gasteiger charge is 2.18. The monoisotopic (exact) mass is 296 g/mol. The summed E-state index contributed by atoms with van der Waals surface area (Å²) < 4.78 is 4.82. The zero-order chi connectivity index (χ0) is 15.9. The molecule has 0 fully saturated rings. The lowest BCUT2D eigenvalue weighted by Gasteiger charge is -2.21. The van der Waals surface area contributed by atoms with Crippen LogP contribution in [0.5, 0.6) is 0 Å². The molecule has 0 saturated heterocycles. The Morgan fingerprint density at radius 3 is 2.71 bits per heavy atom. The molecule has 0 saturated carbocycles. The third-order valence-electron chi connectivity index (χ3n) is 3.28. The molecule has 1 aromatic heterocycles. The van der Waals surface area contributed by atoms with Crippen molar-refractivity contribution in [3.05, 3.63) is 24.2 Å². The summed E-state index contributed by atoms with van der Waals surface area (Å²) >= 11 is 0. The molecule has 1 atom stereocenters. The molecule has 0 radical (unpaired) electrons. The van der Waals surface area contributed by atoms with E-state index < -0.39 is 6.04 Å². The van der Waals surface area contributed by atoms with E-state index in [1.54, 1.807) is 6.92 Å². The number of aliphatic hydroxyl groups excluding tert-OH is 1. The highest BCUT2D eigenvalue weighted by atomic mass is 16.3. The quantitative estimate of drug-likeness (QED) is 0.631. The summed E-state index contributed by atoms with van der Waals surface area (Å²) in [6.07, 6.45) is 4.33. The molecule has 0 spiro atoms. The maximum Gasteiger partial charge on any atom is 0.255 e. The first-order chi connectivity index (χ1) is 9.85. The van der Waals surface area contributed by atoms with Gasteiger partial charge in [0.15, 0.2) is 0 Å². The predicted molar refractivity (Wildman–Crippen MR) is 78.7 cm³/mol. The Kier molecular flexibility index (Phi) is 6.42. The molecule has 0 aromatic carbocycles. The summed E-state index contributed by atoms with van der Waals surface area (Å²) in [7, 11) is 0. The highest BCUT2D eigenvalue weighted by molar-refractivity contribution is 5.97. The summed E-state index contributed by atoms with van der Waals surface area (Å²) in [6.45, 7) is 6.22. The summed E-state index contributed by atoms with van der Waals surface area (Å²) in [4.78, 5) is 23.6. The lowest BCUT2D eigenvalue weighted by Crippen LogP contribution is -2.45. The van der Waals surface area contributed by atoms with E-state index in [4.69, 9.17) is 9.52 Å². The van der Waals surface area contributed by atoms with Gasteiger partial charge in [0.05, 0.1) is 11.8 Å². The minimum absolute atomic E-state index is 0.123. The van der Waals surface area contributed by atoms with Gasteiger partial charge in [0.2, 0.25) is 5.91 Å². The van der Waals surface area contributed by atoms with Gasteiger partial charge in [-0.25, -0.2) is 0 Å². The van der Waals surface area contributed by atoms with Crippen LogP contribution in [-0.4, -0.2) is 36.1 Å². The topological polar surface area (TPSA) is 91.6 Å². The van der Waals surface area contributed by atoms with Gasteiger partial charge in [0.25, 0.3) is 5.91 Å². The zero-order valence-electron chi connectivity index (χ0n) is 12.8. The molecule has 1 aromatic rings. The van der Waals surface area contributed by atoms with Gasteiger partial charge in [-0.2, -0.15) is 0 Å². The van der Waals surface area contributed by atoms with Crippen LogP contribution in [0.3, 0.4) is 0 Å². The molecule has 6 heteroatoms. The van der Waals surface area contributed by atoms with Gasteiger partial charge in [-0.05, 0) is 31.2 Å². The number of hydrogen-bond donors (Lipinski definition) is 3. The zero-order valence-corrected chi connectivity index (χ0v) is 12.8. The second kappa shape index (κ2) is 7.83. The van der Waals surface area contributed by atoms with Crippen LogP contribution in [-0.2, 0) is 4.79 Å². The maximum atomic E-state index is 11.8. The van der Waals surface area contributed by atoms with Gasteiger partial charge in [-0.15, -0.1) is 0 Å². The highest BCUT2D eigenvalue weighted by Crippen LogP contribution is 2.20. The molecule has 21 heavy (non-hydrogen) atoms. The molecule has 1 unspecified atom stereocenters. The number of furan rings is 1. The number of rotatable bonds is 8. The third-order valence-corrected chi connectivity index (χ3v) is 3.28. The van der Waals surface area contributed by atoms with Crippen molar-refractivity contribution in [2.45, 2.75) is 39.7 Å². The number of amides is 2. The van der Waals surface area contributed by atoms with Gasteiger partial charge in [0, 0.05) is 13.2 Å². The first-order valence-electron chi connectivity index (χ1n) is 7.07. The van der Waals surface area contributed by atoms with Crippen molar-refractivity contribution in [3.63, 3.8) is 0 Å². The number of aliphatic hydroxyl groups is 1. The van der Waals surface area contributed by atoms with E-state index in [1.807, 2.05) is 13.8 Å². The summed E-state index contributed by atoms with van der Waals surface area (Å²) in [5.74, 6) is -0.568. The van der Waals surface area contributed by atoms with Crippen LogP contribution in [0, 0.1) is 5.41 Å². The summed E-state index contributed by atoms with van der Waals surface area (Å²) in [5, 5.41) is 14.5. The van der Waals surface area contributed by atoms with Crippen LogP contribution in [0.2, 0.25) is 0 Å². The van der Waals surface area contributed by atoms with E-state index in [-0.39, 0.29) is 23.8 Å². The Morgan fingerprint density at radius 1 is 1.43 bits per heavy atom. The van der Waals surface area contributed by atoms with Gasteiger partial charge in [-0.1, -0.05) is 13.8 Å². The molecule has 118 valence electrons. The smallest absolute Gasteiger partial charge is 0.255 e. The molecule has 2 amide bonds. The maximum absolute atomic E-state index is 11.8. The van der Waals surface area contributed by atoms with Crippen LogP contribution in [0.1, 0.15) is 44.0 Å². The van der Waals surface area contributed by atoms with Crippen molar-refractivity contribution in [2.75, 3.05) is 13.2 Å². The third kappa shape index (κ3) is 5.99. The SMILES string of the molecule is CC(NC(=O)c1ccoc1)C(=O)NCCCC(C)(C)CO. The van der Waals surface area contributed by atoms with E-state index in [0.717, 1.165) is 12.8 Å². The van der Waals surface area contributed by atoms with Crippen LogP contribution in [0.15, 0.2) is 23.0 Å². The molecule has 1 heterocycles.